The number of rotatable bonds is 4. The molecule has 1 aliphatic carbocycles. The molecule has 0 aromatic rings. The van der Waals surface area contributed by atoms with Crippen molar-refractivity contribution in [3.05, 3.63) is 23.3 Å². The van der Waals surface area contributed by atoms with Crippen molar-refractivity contribution in [3.63, 3.8) is 0 Å². The third-order valence-corrected chi connectivity index (χ3v) is 3.94. The van der Waals surface area contributed by atoms with Gasteiger partial charge in [0, 0.05) is 5.41 Å². The lowest BCUT2D eigenvalue weighted by molar-refractivity contribution is 0.183. The second kappa shape index (κ2) is 4.52. The first-order valence-electron chi connectivity index (χ1n) is 5.91. The zero-order valence-corrected chi connectivity index (χ0v) is 10.6. The van der Waals surface area contributed by atoms with Crippen LogP contribution in [0.15, 0.2) is 23.3 Å². The summed E-state index contributed by atoms with van der Waals surface area (Å²) in [6, 6.07) is 0. The van der Waals surface area contributed by atoms with Gasteiger partial charge >= 0.3 is 0 Å². The molecule has 0 aromatic carbocycles. The van der Waals surface area contributed by atoms with E-state index in [0.717, 1.165) is 12.8 Å². The smallest absolute Gasteiger partial charge is 0.0515 e. The van der Waals surface area contributed by atoms with Crippen molar-refractivity contribution in [1.82, 2.24) is 0 Å². The van der Waals surface area contributed by atoms with Gasteiger partial charge in [0.05, 0.1) is 6.10 Å². The summed E-state index contributed by atoms with van der Waals surface area (Å²) in [7, 11) is 0. The minimum Gasteiger partial charge on any atom is -0.393 e. The Bertz CT molecular complexity index is 286. The quantitative estimate of drug-likeness (QED) is 0.696. The monoisotopic (exact) mass is 208 g/mol. The molecule has 0 saturated heterocycles. The number of hydrogen-bond donors (Lipinski definition) is 1. The summed E-state index contributed by atoms with van der Waals surface area (Å²) in [6.07, 6.45) is 4.09. The standard InChI is InChI=1S/C14H24O/c1-10(2)14(5)9-8-11(3)13(14)7-6-12(4)15/h12,15H,1,6-9H2,2-5H3/t12-,14-/m1/s1. The average Bonchev–Trinajstić information content (AvgIpc) is 2.41. The van der Waals surface area contributed by atoms with Crippen molar-refractivity contribution in [2.75, 3.05) is 0 Å². The molecule has 86 valence electrons. The first-order valence-corrected chi connectivity index (χ1v) is 5.91. The van der Waals surface area contributed by atoms with Crippen LogP contribution in [-0.4, -0.2) is 11.2 Å². The molecule has 1 rings (SSSR count). The van der Waals surface area contributed by atoms with E-state index < -0.39 is 0 Å². The van der Waals surface area contributed by atoms with Crippen molar-refractivity contribution < 1.29 is 5.11 Å². The number of aliphatic hydroxyl groups is 1. The predicted octanol–water partition coefficient (Wildman–Crippen LogP) is 3.84. The third kappa shape index (κ3) is 2.52. The molecule has 0 heterocycles. The molecule has 1 N–H and O–H groups in total. The van der Waals surface area contributed by atoms with Crippen LogP contribution in [0.2, 0.25) is 0 Å². The van der Waals surface area contributed by atoms with E-state index >= 15 is 0 Å². The summed E-state index contributed by atoms with van der Waals surface area (Å²) in [5.41, 5.74) is 4.50. The van der Waals surface area contributed by atoms with E-state index in [0.29, 0.717) is 0 Å². The Morgan fingerprint density at radius 2 is 2.20 bits per heavy atom. The SMILES string of the molecule is C=C(C)[C@@]1(C)CCC(C)=C1CC[C@@H](C)O. The summed E-state index contributed by atoms with van der Waals surface area (Å²) in [5.74, 6) is 0. The number of allylic oxidation sites excluding steroid dienone is 3. The molecule has 15 heavy (non-hydrogen) atoms. The molecule has 0 aliphatic heterocycles. The fourth-order valence-corrected chi connectivity index (χ4v) is 2.52. The van der Waals surface area contributed by atoms with E-state index in [-0.39, 0.29) is 11.5 Å². The van der Waals surface area contributed by atoms with Crippen LogP contribution in [0.1, 0.15) is 53.4 Å². The summed E-state index contributed by atoms with van der Waals surface area (Å²) in [4.78, 5) is 0. The fraction of sp³-hybridized carbons (Fsp3) is 0.714. The van der Waals surface area contributed by atoms with Gasteiger partial charge in [-0.1, -0.05) is 30.2 Å². The van der Waals surface area contributed by atoms with Crippen LogP contribution in [0, 0.1) is 5.41 Å². The largest absolute Gasteiger partial charge is 0.393 e. The van der Waals surface area contributed by atoms with Crippen LogP contribution in [-0.2, 0) is 0 Å². The molecule has 1 nitrogen and oxygen atoms in total. The molecular formula is C14H24O. The van der Waals surface area contributed by atoms with Crippen LogP contribution >= 0.6 is 0 Å². The minimum atomic E-state index is -0.194. The molecule has 0 saturated carbocycles. The van der Waals surface area contributed by atoms with Gasteiger partial charge in [-0.05, 0) is 46.5 Å². The lowest BCUT2D eigenvalue weighted by atomic mass is 9.75. The predicted molar refractivity (Wildman–Crippen MR) is 65.8 cm³/mol. The average molecular weight is 208 g/mol. The highest BCUT2D eigenvalue weighted by Crippen LogP contribution is 2.49. The van der Waals surface area contributed by atoms with Gasteiger partial charge in [-0.15, -0.1) is 0 Å². The Balaban J connectivity index is 2.81. The Hall–Kier alpha value is -0.560. The first-order chi connectivity index (χ1) is 6.88. The van der Waals surface area contributed by atoms with Gasteiger partial charge < -0.3 is 5.11 Å². The van der Waals surface area contributed by atoms with Crippen molar-refractivity contribution in [2.45, 2.75) is 59.5 Å². The molecule has 0 spiro atoms. The van der Waals surface area contributed by atoms with Gasteiger partial charge in [-0.3, -0.25) is 0 Å². The fourth-order valence-electron chi connectivity index (χ4n) is 2.52. The maximum absolute atomic E-state index is 9.36. The van der Waals surface area contributed by atoms with E-state index in [9.17, 15) is 5.11 Å². The van der Waals surface area contributed by atoms with Crippen molar-refractivity contribution >= 4 is 0 Å². The molecule has 0 amide bonds. The molecular weight excluding hydrogens is 184 g/mol. The lowest BCUT2D eigenvalue weighted by Crippen LogP contribution is -2.18. The van der Waals surface area contributed by atoms with Crippen LogP contribution in [0.25, 0.3) is 0 Å². The second-order valence-corrected chi connectivity index (χ2v) is 5.26. The van der Waals surface area contributed by atoms with E-state index in [4.69, 9.17) is 0 Å². The van der Waals surface area contributed by atoms with Crippen molar-refractivity contribution in [3.8, 4) is 0 Å². The maximum Gasteiger partial charge on any atom is 0.0515 e. The molecule has 1 aliphatic rings. The van der Waals surface area contributed by atoms with Gasteiger partial charge in [-0.25, -0.2) is 0 Å². The Morgan fingerprint density at radius 1 is 1.60 bits per heavy atom. The highest BCUT2D eigenvalue weighted by atomic mass is 16.3. The molecule has 0 unspecified atom stereocenters. The highest BCUT2D eigenvalue weighted by molar-refractivity contribution is 5.34. The van der Waals surface area contributed by atoms with Gasteiger partial charge in [0.1, 0.15) is 0 Å². The van der Waals surface area contributed by atoms with Gasteiger partial charge in [-0.2, -0.15) is 0 Å². The number of hydrogen-bond acceptors (Lipinski definition) is 1. The number of aliphatic hydroxyl groups excluding tert-OH is 1. The third-order valence-electron chi connectivity index (χ3n) is 3.94. The summed E-state index contributed by atoms with van der Waals surface area (Å²) in [6.45, 7) is 12.6. The highest BCUT2D eigenvalue weighted by Gasteiger charge is 2.35. The van der Waals surface area contributed by atoms with Crippen LogP contribution in [0.4, 0.5) is 0 Å². The van der Waals surface area contributed by atoms with E-state index in [1.165, 1.54) is 29.6 Å². The van der Waals surface area contributed by atoms with Crippen LogP contribution in [0.3, 0.4) is 0 Å². The van der Waals surface area contributed by atoms with Crippen LogP contribution < -0.4 is 0 Å². The molecule has 0 radical (unpaired) electrons. The molecule has 0 fully saturated rings. The topological polar surface area (TPSA) is 20.2 Å². The zero-order chi connectivity index (χ0) is 11.6. The summed E-state index contributed by atoms with van der Waals surface area (Å²) in [5, 5.41) is 9.36. The summed E-state index contributed by atoms with van der Waals surface area (Å²) >= 11 is 0. The molecule has 2 atom stereocenters. The summed E-state index contributed by atoms with van der Waals surface area (Å²) < 4.78 is 0. The Labute approximate surface area is 93.9 Å². The molecule has 0 aromatic heterocycles. The van der Waals surface area contributed by atoms with Gasteiger partial charge in [0.15, 0.2) is 0 Å². The zero-order valence-electron chi connectivity index (χ0n) is 10.6. The molecule has 0 bridgehead atoms. The van der Waals surface area contributed by atoms with Gasteiger partial charge in [0.25, 0.3) is 0 Å². The normalized spacial score (nSPS) is 28.3. The van der Waals surface area contributed by atoms with Crippen LogP contribution in [0.5, 0.6) is 0 Å². The second-order valence-electron chi connectivity index (χ2n) is 5.26. The first kappa shape index (κ1) is 12.5. The minimum absolute atomic E-state index is 0.193. The maximum atomic E-state index is 9.36. The molecule has 1 heteroatoms. The van der Waals surface area contributed by atoms with Gasteiger partial charge in [0.2, 0.25) is 0 Å². The Kier molecular flexibility index (Phi) is 3.77. The van der Waals surface area contributed by atoms with Crippen molar-refractivity contribution in [1.29, 1.82) is 0 Å². The van der Waals surface area contributed by atoms with E-state index in [1.54, 1.807) is 0 Å². The lowest BCUT2D eigenvalue weighted by Gasteiger charge is -2.29. The van der Waals surface area contributed by atoms with E-state index in [2.05, 4.69) is 27.4 Å². The van der Waals surface area contributed by atoms with E-state index in [1.807, 2.05) is 6.92 Å². The van der Waals surface area contributed by atoms with Crippen molar-refractivity contribution in [2.24, 2.45) is 5.41 Å². The Morgan fingerprint density at radius 3 is 2.67 bits per heavy atom.